The van der Waals surface area contributed by atoms with Crippen molar-refractivity contribution in [3.63, 3.8) is 0 Å². The van der Waals surface area contributed by atoms with E-state index in [9.17, 15) is 19.5 Å². The molecule has 202 valence electrons. The van der Waals surface area contributed by atoms with Crippen LogP contribution in [0.2, 0.25) is 0 Å². The van der Waals surface area contributed by atoms with Crippen molar-refractivity contribution in [3.05, 3.63) is 60.2 Å². The van der Waals surface area contributed by atoms with Crippen molar-refractivity contribution in [1.82, 2.24) is 0 Å². The maximum atomic E-state index is 12.5. The summed E-state index contributed by atoms with van der Waals surface area (Å²) >= 11 is 0. The lowest BCUT2D eigenvalue weighted by Gasteiger charge is -2.13. The Morgan fingerprint density at radius 2 is 1.38 bits per heavy atom. The van der Waals surface area contributed by atoms with Crippen LogP contribution in [0.15, 0.2) is 54.6 Å². The molecule has 0 bridgehead atoms. The van der Waals surface area contributed by atoms with E-state index in [0.717, 1.165) is 19.3 Å². The van der Waals surface area contributed by atoms with Gasteiger partial charge < -0.3 is 15.2 Å². The van der Waals surface area contributed by atoms with Gasteiger partial charge in [0.1, 0.15) is 5.75 Å². The van der Waals surface area contributed by atoms with Crippen LogP contribution in [-0.4, -0.2) is 23.0 Å². The molecule has 0 aliphatic carbocycles. The first-order valence-electron chi connectivity index (χ1n) is 13.9. The minimum atomic E-state index is -0.941. The number of carbonyl (C=O) groups excluding carboxylic acids is 2. The van der Waals surface area contributed by atoms with Crippen LogP contribution < -0.4 is 10.1 Å². The Labute approximate surface area is 221 Å². The molecule has 0 saturated heterocycles. The number of esters is 1. The number of hydrogen-bond acceptors (Lipinski definition) is 4. The first-order chi connectivity index (χ1) is 18.0. The largest absolute Gasteiger partial charge is 0.481 e. The summed E-state index contributed by atoms with van der Waals surface area (Å²) in [5.41, 5.74) is 0.886. The molecule has 0 spiro atoms. The van der Waals surface area contributed by atoms with Gasteiger partial charge in [-0.25, -0.2) is 4.79 Å². The third-order valence-corrected chi connectivity index (χ3v) is 6.53. The van der Waals surface area contributed by atoms with Gasteiger partial charge in [0, 0.05) is 18.2 Å². The molecule has 0 aliphatic rings. The highest BCUT2D eigenvalue weighted by Crippen LogP contribution is 2.21. The number of amides is 1. The van der Waals surface area contributed by atoms with Crippen molar-refractivity contribution >= 4 is 23.5 Å². The number of carboxylic acids is 1. The van der Waals surface area contributed by atoms with Gasteiger partial charge in [0.25, 0.3) is 0 Å². The van der Waals surface area contributed by atoms with Crippen molar-refractivity contribution < 1.29 is 24.2 Å². The van der Waals surface area contributed by atoms with Crippen molar-refractivity contribution in [3.8, 4) is 5.75 Å². The van der Waals surface area contributed by atoms with E-state index < -0.39 is 17.9 Å². The predicted octanol–water partition coefficient (Wildman–Crippen LogP) is 8.03. The Kier molecular flexibility index (Phi) is 14.8. The normalized spacial score (nSPS) is 11.6. The number of hydrogen-bond donors (Lipinski definition) is 2. The molecule has 0 fully saturated rings. The monoisotopic (exact) mass is 509 g/mol. The Balaban J connectivity index is 1.66. The van der Waals surface area contributed by atoms with Crippen LogP contribution in [0.5, 0.6) is 5.75 Å². The summed E-state index contributed by atoms with van der Waals surface area (Å²) < 4.78 is 5.38. The van der Waals surface area contributed by atoms with Crippen molar-refractivity contribution in [2.45, 2.75) is 96.8 Å². The fourth-order valence-corrected chi connectivity index (χ4v) is 4.36. The fourth-order valence-electron chi connectivity index (χ4n) is 4.36. The van der Waals surface area contributed by atoms with Crippen molar-refractivity contribution in [2.24, 2.45) is 5.92 Å². The van der Waals surface area contributed by atoms with Crippen LogP contribution in [0.3, 0.4) is 0 Å². The summed E-state index contributed by atoms with van der Waals surface area (Å²) in [5.74, 6) is -2.20. The summed E-state index contributed by atoms with van der Waals surface area (Å²) in [6.07, 6.45) is 15.1. The molecular formula is C31H43NO5. The number of carboxylic acid groups (broad SMARTS) is 1. The molecule has 0 radical (unpaired) electrons. The minimum absolute atomic E-state index is 0.0819. The molecule has 37 heavy (non-hydrogen) atoms. The van der Waals surface area contributed by atoms with E-state index in [2.05, 4.69) is 12.2 Å². The van der Waals surface area contributed by atoms with Gasteiger partial charge in [-0.15, -0.1) is 0 Å². The number of anilines is 1. The maximum Gasteiger partial charge on any atom is 0.343 e. The van der Waals surface area contributed by atoms with Crippen LogP contribution in [0, 0.1) is 5.92 Å². The average molecular weight is 510 g/mol. The third-order valence-electron chi connectivity index (χ3n) is 6.53. The summed E-state index contributed by atoms with van der Waals surface area (Å²) in [5, 5.41) is 12.3. The van der Waals surface area contributed by atoms with Crippen molar-refractivity contribution in [2.75, 3.05) is 5.32 Å². The highest BCUT2D eigenvalue weighted by atomic mass is 16.5. The Morgan fingerprint density at radius 1 is 0.784 bits per heavy atom. The first-order valence-corrected chi connectivity index (χ1v) is 13.9. The van der Waals surface area contributed by atoms with Crippen LogP contribution in [-0.2, 0) is 9.59 Å². The highest BCUT2D eigenvalue weighted by molar-refractivity contribution is 5.94. The Morgan fingerprint density at radius 3 is 1.97 bits per heavy atom. The lowest BCUT2D eigenvalue weighted by atomic mass is 9.96. The molecule has 6 heteroatoms. The highest BCUT2D eigenvalue weighted by Gasteiger charge is 2.21. The lowest BCUT2D eigenvalue weighted by Crippen LogP contribution is -2.22. The average Bonchev–Trinajstić information content (AvgIpc) is 2.89. The van der Waals surface area contributed by atoms with Gasteiger partial charge in [0.05, 0.1) is 11.5 Å². The zero-order valence-corrected chi connectivity index (χ0v) is 22.3. The van der Waals surface area contributed by atoms with Gasteiger partial charge >= 0.3 is 11.9 Å². The Hall–Kier alpha value is -3.15. The number of unbranched alkanes of at least 4 members (excludes halogenated alkanes) is 11. The van der Waals surface area contributed by atoms with E-state index in [1.807, 2.05) is 6.07 Å². The topological polar surface area (TPSA) is 92.7 Å². The summed E-state index contributed by atoms with van der Waals surface area (Å²) in [7, 11) is 0. The number of benzene rings is 2. The number of carbonyl (C=O) groups is 3. The molecule has 0 aromatic heterocycles. The zero-order valence-electron chi connectivity index (χ0n) is 22.3. The second-order valence-corrected chi connectivity index (χ2v) is 9.75. The van der Waals surface area contributed by atoms with Gasteiger partial charge in [-0.1, -0.05) is 108 Å². The van der Waals surface area contributed by atoms with Gasteiger partial charge in [-0.3, -0.25) is 9.59 Å². The number of rotatable bonds is 19. The molecule has 1 unspecified atom stereocenters. The zero-order chi connectivity index (χ0) is 26.7. The van der Waals surface area contributed by atoms with E-state index in [1.54, 1.807) is 48.5 Å². The van der Waals surface area contributed by atoms with E-state index >= 15 is 0 Å². The second kappa shape index (κ2) is 18.1. The number of ether oxygens (including phenoxy) is 1. The summed E-state index contributed by atoms with van der Waals surface area (Å²) in [6, 6.07) is 15.2. The molecule has 2 aromatic carbocycles. The minimum Gasteiger partial charge on any atom is -0.481 e. The fraction of sp³-hybridized carbons (Fsp3) is 0.516. The summed E-state index contributed by atoms with van der Waals surface area (Å²) in [4.78, 5) is 36.5. The molecule has 1 atom stereocenters. The standard InChI is InChI=1S/C31H43NO5/c1-2-3-4-5-6-7-8-9-10-11-12-14-20-26(30(34)35)23-29(33)32-27-21-17-22-28(24-27)37-31(36)25-18-15-13-16-19-25/h13,15-19,21-22,24,26H,2-12,14,20,23H2,1H3,(H,32,33)(H,34,35). The van der Waals surface area contributed by atoms with E-state index in [-0.39, 0.29) is 12.3 Å². The van der Waals surface area contributed by atoms with Gasteiger partial charge in [0.2, 0.25) is 5.91 Å². The predicted molar refractivity (Wildman–Crippen MR) is 148 cm³/mol. The van der Waals surface area contributed by atoms with Crippen LogP contribution >= 0.6 is 0 Å². The molecule has 2 N–H and O–H groups in total. The molecule has 0 heterocycles. The molecule has 6 nitrogen and oxygen atoms in total. The molecular weight excluding hydrogens is 466 g/mol. The number of aliphatic carboxylic acids is 1. The SMILES string of the molecule is CCCCCCCCCCCCCCC(CC(=O)Nc1cccc(OC(=O)c2ccccc2)c1)C(=O)O. The van der Waals surface area contributed by atoms with Crippen molar-refractivity contribution in [1.29, 1.82) is 0 Å². The Bertz CT molecular complexity index is 944. The van der Waals surface area contributed by atoms with Gasteiger partial charge in [-0.2, -0.15) is 0 Å². The van der Waals surface area contributed by atoms with Crippen LogP contribution in [0.1, 0.15) is 107 Å². The summed E-state index contributed by atoms with van der Waals surface area (Å²) in [6.45, 7) is 2.24. The maximum absolute atomic E-state index is 12.5. The number of nitrogens with one attached hydrogen (secondary N) is 1. The smallest absolute Gasteiger partial charge is 0.343 e. The quantitative estimate of drug-likeness (QED) is 0.114. The second-order valence-electron chi connectivity index (χ2n) is 9.75. The molecule has 0 saturated carbocycles. The molecule has 2 aromatic rings. The van der Waals surface area contributed by atoms with E-state index in [1.165, 1.54) is 57.8 Å². The van der Waals surface area contributed by atoms with Gasteiger partial charge in [-0.05, 0) is 30.7 Å². The third kappa shape index (κ3) is 13.1. The van der Waals surface area contributed by atoms with E-state index in [0.29, 0.717) is 23.4 Å². The lowest BCUT2D eigenvalue weighted by molar-refractivity contribution is -0.143. The van der Waals surface area contributed by atoms with Gasteiger partial charge in [0.15, 0.2) is 0 Å². The molecule has 0 aliphatic heterocycles. The van der Waals surface area contributed by atoms with Crippen LogP contribution in [0.25, 0.3) is 0 Å². The van der Waals surface area contributed by atoms with E-state index in [4.69, 9.17) is 4.74 Å². The molecule has 1 amide bonds. The molecule has 2 rings (SSSR count). The van der Waals surface area contributed by atoms with Crippen LogP contribution in [0.4, 0.5) is 5.69 Å². The first kappa shape index (κ1) is 30.1.